The molecule has 8 nitrogen and oxygen atoms in total. The summed E-state index contributed by atoms with van der Waals surface area (Å²) in [5.74, 6) is 4.67. The highest BCUT2D eigenvalue weighted by molar-refractivity contribution is 5.41. The molecular formula is C10H8FN5O3. The summed E-state index contributed by atoms with van der Waals surface area (Å²) in [5, 5.41) is 10.5. The number of hydrogen-bond donors (Lipinski definition) is 2. The lowest BCUT2D eigenvalue weighted by atomic mass is 10.3. The minimum atomic E-state index is -0.992. The van der Waals surface area contributed by atoms with E-state index in [0.717, 1.165) is 12.1 Å². The van der Waals surface area contributed by atoms with Crippen molar-refractivity contribution in [3.05, 3.63) is 46.5 Å². The summed E-state index contributed by atoms with van der Waals surface area (Å²) in [4.78, 5) is 17.2. The van der Waals surface area contributed by atoms with E-state index in [-0.39, 0.29) is 11.6 Å². The van der Waals surface area contributed by atoms with Crippen molar-refractivity contribution in [3.63, 3.8) is 0 Å². The van der Waals surface area contributed by atoms with E-state index in [1.807, 2.05) is 0 Å². The van der Waals surface area contributed by atoms with E-state index in [0.29, 0.717) is 5.82 Å². The second-order valence-electron chi connectivity index (χ2n) is 3.36. The van der Waals surface area contributed by atoms with Gasteiger partial charge in [0.2, 0.25) is 11.7 Å². The van der Waals surface area contributed by atoms with Crippen LogP contribution in [0.2, 0.25) is 0 Å². The Bertz CT molecular complexity index is 622. The van der Waals surface area contributed by atoms with Crippen LogP contribution in [0.5, 0.6) is 11.6 Å². The van der Waals surface area contributed by atoms with Crippen LogP contribution in [0.15, 0.2) is 30.6 Å². The number of aromatic nitrogens is 2. The average Bonchev–Trinajstić information content (AvgIpc) is 2.38. The maximum Gasteiger partial charge on any atom is 0.305 e. The summed E-state index contributed by atoms with van der Waals surface area (Å²) >= 11 is 0. The summed E-state index contributed by atoms with van der Waals surface area (Å²) in [6, 6.07) is 4.56. The molecule has 2 rings (SSSR count). The van der Waals surface area contributed by atoms with Crippen LogP contribution in [-0.2, 0) is 0 Å². The van der Waals surface area contributed by atoms with Crippen molar-refractivity contribution in [2.75, 3.05) is 5.43 Å². The van der Waals surface area contributed by atoms with E-state index in [4.69, 9.17) is 10.6 Å². The van der Waals surface area contributed by atoms with Gasteiger partial charge in [-0.25, -0.2) is 15.8 Å². The third kappa shape index (κ3) is 2.90. The Morgan fingerprint density at radius 3 is 2.79 bits per heavy atom. The minimum Gasteiger partial charge on any atom is -0.439 e. The fraction of sp³-hybridized carbons (Fsp3) is 0. The number of hydrogen-bond acceptors (Lipinski definition) is 7. The van der Waals surface area contributed by atoms with Gasteiger partial charge in [-0.1, -0.05) is 0 Å². The van der Waals surface area contributed by atoms with Crippen LogP contribution >= 0.6 is 0 Å². The lowest BCUT2D eigenvalue weighted by Crippen LogP contribution is -2.08. The average molecular weight is 265 g/mol. The predicted molar refractivity (Wildman–Crippen MR) is 63.0 cm³/mol. The number of nitro groups is 1. The molecule has 1 aromatic heterocycles. The van der Waals surface area contributed by atoms with Gasteiger partial charge in [-0.3, -0.25) is 10.1 Å². The Hall–Kier alpha value is -2.81. The molecule has 0 aliphatic carbocycles. The van der Waals surface area contributed by atoms with Crippen LogP contribution < -0.4 is 16.0 Å². The van der Waals surface area contributed by atoms with Crippen molar-refractivity contribution >= 4 is 11.5 Å². The van der Waals surface area contributed by atoms with Crippen LogP contribution in [0.3, 0.4) is 0 Å². The SMILES string of the molecule is NNc1cc(Oc2ccc([N+](=O)[O-])c(F)c2)ncn1. The van der Waals surface area contributed by atoms with Crippen LogP contribution in [-0.4, -0.2) is 14.9 Å². The lowest BCUT2D eigenvalue weighted by Gasteiger charge is -2.05. The number of nitrogens with zero attached hydrogens (tertiary/aromatic N) is 3. The first-order chi connectivity index (χ1) is 9.10. The molecule has 0 aliphatic rings. The number of benzene rings is 1. The van der Waals surface area contributed by atoms with Gasteiger partial charge in [-0.2, -0.15) is 4.39 Å². The van der Waals surface area contributed by atoms with E-state index in [2.05, 4.69) is 15.4 Å². The molecule has 0 spiro atoms. The fourth-order valence-corrected chi connectivity index (χ4v) is 1.29. The number of nitrogen functional groups attached to an aromatic ring is 1. The molecule has 2 aromatic rings. The quantitative estimate of drug-likeness (QED) is 0.490. The normalized spacial score (nSPS) is 10.0. The minimum absolute atomic E-state index is 0.0739. The highest BCUT2D eigenvalue weighted by atomic mass is 19.1. The second kappa shape index (κ2) is 5.23. The van der Waals surface area contributed by atoms with E-state index in [9.17, 15) is 14.5 Å². The van der Waals surface area contributed by atoms with E-state index in [1.165, 1.54) is 18.5 Å². The van der Waals surface area contributed by atoms with Crippen molar-refractivity contribution < 1.29 is 14.1 Å². The molecule has 3 N–H and O–H groups in total. The summed E-state index contributed by atoms with van der Waals surface area (Å²) < 4.78 is 18.6. The summed E-state index contributed by atoms with van der Waals surface area (Å²) in [6.45, 7) is 0. The number of nitro benzene ring substituents is 1. The first-order valence-electron chi connectivity index (χ1n) is 5.00. The molecule has 98 valence electrons. The summed E-state index contributed by atoms with van der Waals surface area (Å²) in [6.07, 6.45) is 1.20. The van der Waals surface area contributed by atoms with Gasteiger partial charge in [0.15, 0.2) is 0 Å². The topological polar surface area (TPSA) is 116 Å². The molecule has 0 saturated heterocycles. The van der Waals surface area contributed by atoms with Gasteiger partial charge in [0.25, 0.3) is 0 Å². The highest BCUT2D eigenvalue weighted by Gasteiger charge is 2.14. The predicted octanol–water partition coefficient (Wildman–Crippen LogP) is 1.60. The van der Waals surface area contributed by atoms with Gasteiger partial charge in [0.1, 0.15) is 17.9 Å². The Balaban J connectivity index is 2.23. The van der Waals surface area contributed by atoms with Gasteiger partial charge in [-0.05, 0) is 6.07 Å². The largest absolute Gasteiger partial charge is 0.439 e. The smallest absolute Gasteiger partial charge is 0.305 e. The molecule has 0 bridgehead atoms. The lowest BCUT2D eigenvalue weighted by molar-refractivity contribution is -0.387. The van der Waals surface area contributed by atoms with Crippen LogP contribution in [0.25, 0.3) is 0 Å². The van der Waals surface area contributed by atoms with Crippen molar-refractivity contribution in [1.29, 1.82) is 0 Å². The second-order valence-corrected chi connectivity index (χ2v) is 3.36. The van der Waals surface area contributed by atoms with E-state index < -0.39 is 16.4 Å². The summed E-state index contributed by atoms with van der Waals surface area (Å²) in [5.41, 5.74) is 1.67. The van der Waals surface area contributed by atoms with Gasteiger partial charge in [-0.15, -0.1) is 0 Å². The number of hydrazine groups is 1. The molecule has 19 heavy (non-hydrogen) atoms. The Morgan fingerprint density at radius 1 is 1.37 bits per heavy atom. The number of halogens is 1. The molecule has 0 aliphatic heterocycles. The van der Waals surface area contributed by atoms with Gasteiger partial charge >= 0.3 is 5.69 Å². The molecular weight excluding hydrogens is 257 g/mol. The number of anilines is 1. The molecule has 1 heterocycles. The molecule has 0 amide bonds. The maximum atomic E-state index is 13.4. The number of nitrogens with two attached hydrogens (primary N) is 1. The third-order valence-corrected chi connectivity index (χ3v) is 2.13. The van der Waals surface area contributed by atoms with E-state index in [1.54, 1.807) is 0 Å². The molecule has 0 atom stereocenters. The Labute approximate surface area is 106 Å². The van der Waals surface area contributed by atoms with Crippen LogP contribution in [0.4, 0.5) is 15.9 Å². The zero-order valence-corrected chi connectivity index (χ0v) is 9.41. The number of nitrogens with one attached hydrogen (secondary N) is 1. The maximum absolute atomic E-state index is 13.4. The third-order valence-electron chi connectivity index (χ3n) is 2.13. The fourth-order valence-electron chi connectivity index (χ4n) is 1.29. The van der Waals surface area contributed by atoms with Gasteiger partial charge in [0, 0.05) is 18.2 Å². The van der Waals surface area contributed by atoms with Crippen LogP contribution in [0, 0.1) is 15.9 Å². The molecule has 0 unspecified atom stereocenters. The first kappa shape index (κ1) is 12.6. The van der Waals surface area contributed by atoms with Crippen molar-refractivity contribution in [3.8, 4) is 11.6 Å². The first-order valence-corrected chi connectivity index (χ1v) is 5.00. The Morgan fingerprint density at radius 2 is 2.16 bits per heavy atom. The van der Waals surface area contributed by atoms with Crippen molar-refractivity contribution in [1.82, 2.24) is 9.97 Å². The number of ether oxygens (including phenoxy) is 1. The zero-order valence-electron chi connectivity index (χ0n) is 9.41. The molecule has 1 aromatic carbocycles. The summed E-state index contributed by atoms with van der Waals surface area (Å²) in [7, 11) is 0. The van der Waals surface area contributed by atoms with Crippen molar-refractivity contribution in [2.24, 2.45) is 5.84 Å². The van der Waals surface area contributed by atoms with Gasteiger partial charge < -0.3 is 10.2 Å². The highest BCUT2D eigenvalue weighted by Crippen LogP contribution is 2.26. The standard InChI is InChI=1S/C10H8FN5O3/c11-7-3-6(1-2-8(7)16(17)18)19-10-4-9(15-12)13-5-14-10/h1-5H,12H2,(H,13,14,15). The molecule has 0 fully saturated rings. The number of rotatable bonds is 4. The molecule has 0 radical (unpaired) electrons. The van der Waals surface area contributed by atoms with Crippen LogP contribution in [0.1, 0.15) is 0 Å². The zero-order chi connectivity index (χ0) is 13.8. The van der Waals surface area contributed by atoms with E-state index >= 15 is 0 Å². The van der Waals surface area contributed by atoms with Crippen molar-refractivity contribution in [2.45, 2.75) is 0 Å². The Kier molecular flexibility index (Phi) is 3.48. The molecule has 9 heteroatoms. The molecule has 0 saturated carbocycles. The monoisotopic (exact) mass is 265 g/mol. The van der Waals surface area contributed by atoms with Gasteiger partial charge in [0.05, 0.1) is 4.92 Å².